The Morgan fingerprint density at radius 1 is 1.54 bits per heavy atom. The monoisotopic (exact) mass is 199 g/mol. The van der Waals surface area contributed by atoms with Crippen molar-refractivity contribution in [3.8, 4) is 0 Å². The standard InChI is InChI=1S/C10H17NOS/c1-8(2)12-5-3-10(11)9-4-6-13-7-9/h4,6-8,10H,3,5,11H2,1-2H3. The second-order valence-corrected chi connectivity index (χ2v) is 4.15. The minimum absolute atomic E-state index is 0.130. The Balaban J connectivity index is 2.22. The molecule has 2 nitrogen and oxygen atoms in total. The first-order valence-corrected chi connectivity index (χ1v) is 5.53. The molecule has 1 aromatic rings. The lowest BCUT2D eigenvalue weighted by atomic mass is 10.1. The summed E-state index contributed by atoms with van der Waals surface area (Å²) >= 11 is 1.69. The van der Waals surface area contributed by atoms with E-state index < -0.39 is 0 Å². The lowest BCUT2D eigenvalue weighted by Crippen LogP contribution is -2.14. The molecule has 0 saturated carbocycles. The average molecular weight is 199 g/mol. The van der Waals surface area contributed by atoms with E-state index in [-0.39, 0.29) is 6.04 Å². The van der Waals surface area contributed by atoms with Gasteiger partial charge in [0.25, 0.3) is 0 Å². The topological polar surface area (TPSA) is 35.2 Å². The second-order valence-electron chi connectivity index (χ2n) is 3.37. The van der Waals surface area contributed by atoms with Gasteiger partial charge in [0.1, 0.15) is 0 Å². The molecule has 0 spiro atoms. The normalized spacial score (nSPS) is 13.5. The van der Waals surface area contributed by atoms with Crippen LogP contribution in [0, 0.1) is 0 Å². The molecule has 0 aliphatic carbocycles. The molecule has 1 aromatic heterocycles. The molecule has 1 heterocycles. The fourth-order valence-corrected chi connectivity index (χ4v) is 1.81. The van der Waals surface area contributed by atoms with Gasteiger partial charge in [0.2, 0.25) is 0 Å². The number of hydrogen-bond acceptors (Lipinski definition) is 3. The van der Waals surface area contributed by atoms with Crippen LogP contribution in [0.15, 0.2) is 16.8 Å². The van der Waals surface area contributed by atoms with Gasteiger partial charge in [-0.05, 0) is 42.7 Å². The molecule has 0 aliphatic heterocycles. The molecule has 13 heavy (non-hydrogen) atoms. The summed E-state index contributed by atoms with van der Waals surface area (Å²) in [6.07, 6.45) is 1.20. The summed E-state index contributed by atoms with van der Waals surface area (Å²) in [7, 11) is 0. The molecule has 0 radical (unpaired) electrons. The van der Waals surface area contributed by atoms with Crippen LogP contribution in [-0.4, -0.2) is 12.7 Å². The molecule has 1 unspecified atom stereocenters. The Morgan fingerprint density at radius 2 is 2.31 bits per heavy atom. The fraction of sp³-hybridized carbons (Fsp3) is 0.600. The number of nitrogens with two attached hydrogens (primary N) is 1. The predicted octanol–water partition coefficient (Wildman–Crippen LogP) is 2.56. The molecule has 2 N–H and O–H groups in total. The van der Waals surface area contributed by atoms with Crippen LogP contribution in [0.25, 0.3) is 0 Å². The van der Waals surface area contributed by atoms with Crippen molar-refractivity contribution in [1.29, 1.82) is 0 Å². The smallest absolute Gasteiger partial charge is 0.0518 e. The van der Waals surface area contributed by atoms with Crippen LogP contribution in [0.1, 0.15) is 31.9 Å². The summed E-state index contributed by atoms with van der Waals surface area (Å²) in [5.41, 5.74) is 7.17. The highest BCUT2D eigenvalue weighted by molar-refractivity contribution is 7.07. The average Bonchev–Trinajstić information content (AvgIpc) is 2.55. The molecule has 0 aromatic carbocycles. The summed E-state index contributed by atoms with van der Waals surface area (Å²) in [6.45, 7) is 4.82. The lowest BCUT2D eigenvalue weighted by molar-refractivity contribution is 0.0736. The van der Waals surface area contributed by atoms with E-state index >= 15 is 0 Å². The third-order valence-corrected chi connectivity index (χ3v) is 2.55. The maximum Gasteiger partial charge on any atom is 0.0518 e. The summed E-state index contributed by atoms with van der Waals surface area (Å²) < 4.78 is 5.43. The van der Waals surface area contributed by atoms with Crippen LogP contribution in [-0.2, 0) is 4.74 Å². The molecule has 74 valence electrons. The maximum absolute atomic E-state index is 5.95. The lowest BCUT2D eigenvalue weighted by Gasteiger charge is -2.11. The number of thiophene rings is 1. The van der Waals surface area contributed by atoms with Crippen molar-refractivity contribution in [2.24, 2.45) is 5.73 Å². The van der Waals surface area contributed by atoms with Gasteiger partial charge in [0, 0.05) is 12.6 Å². The van der Waals surface area contributed by atoms with Gasteiger partial charge in [-0.2, -0.15) is 11.3 Å². The molecular weight excluding hydrogens is 182 g/mol. The summed E-state index contributed by atoms with van der Waals surface area (Å²) in [4.78, 5) is 0. The van der Waals surface area contributed by atoms with E-state index in [9.17, 15) is 0 Å². The van der Waals surface area contributed by atoms with Crippen LogP contribution in [0.3, 0.4) is 0 Å². The highest BCUT2D eigenvalue weighted by Crippen LogP contribution is 2.16. The van der Waals surface area contributed by atoms with Crippen molar-refractivity contribution in [3.05, 3.63) is 22.4 Å². The molecule has 3 heteroatoms. The molecule has 1 atom stereocenters. The quantitative estimate of drug-likeness (QED) is 0.791. The minimum atomic E-state index is 0.130. The van der Waals surface area contributed by atoms with Crippen molar-refractivity contribution < 1.29 is 4.74 Å². The Kier molecular flexibility index (Phi) is 4.42. The Hall–Kier alpha value is -0.380. The first-order chi connectivity index (χ1) is 6.20. The molecule has 0 bridgehead atoms. The molecule has 1 rings (SSSR count). The molecule has 0 amide bonds. The van der Waals surface area contributed by atoms with Gasteiger partial charge in [-0.15, -0.1) is 0 Å². The molecule has 0 fully saturated rings. The van der Waals surface area contributed by atoms with Crippen LogP contribution in [0.4, 0.5) is 0 Å². The van der Waals surface area contributed by atoms with Crippen LogP contribution in [0.5, 0.6) is 0 Å². The Bertz CT molecular complexity index is 221. The van der Waals surface area contributed by atoms with Crippen LogP contribution < -0.4 is 5.73 Å². The van der Waals surface area contributed by atoms with Crippen molar-refractivity contribution >= 4 is 11.3 Å². The van der Waals surface area contributed by atoms with Crippen molar-refractivity contribution in [2.75, 3.05) is 6.61 Å². The minimum Gasteiger partial charge on any atom is -0.379 e. The molecule has 0 aliphatic rings. The summed E-state index contributed by atoms with van der Waals surface area (Å²) in [5.74, 6) is 0. The zero-order chi connectivity index (χ0) is 9.68. The van der Waals surface area contributed by atoms with Gasteiger partial charge >= 0.3 is 0 Å². The van der Waals surface area contributed by atoms with Crippen LogP contribution in [0.2, 0.25) is 0 Å². The number of hydrogen-bond donors (Lipinski definition) is 1. The summed E-state index contributed by atoms with van der Waals surface area (Å²) in [6, 6.07) is 2.20. The van der Waals surface area contributed by atoms with E-state index in [1.165, 1.54) is 5.56 Å². The van der Waals surface area contributed by atoms with Gasteiger partial charge in [-0.25, -0.2) is 0 Å². The van der Waals surface area contributed by atoms with E-state index in [0.717, 1.165) is 13.0 Å². The predicted molar refractivity (Wildman–Crippen MR) is 57.0 cm³/mol. The van der Waals surface area contributed by atoms with Crippen molar-refractivity contribution in [2.45, 2.75) is 32.4 Å². The van der Waals surface area contributed by atoms with Gasteiger partial charge in [-0.3, -0.25) is 0 Å². The summed E-state index contributed by atoms with van der Waals surface area (Å²) in [5, 5.41) is 4.15. The number of ether oxygens (including phenoxy) is 1. The third-order valence-electron chi connectivity index (χ3n) is 1.85. The van der Waals surface area contributed by atoms with E-state index in [0.29, 0.717) is 6.10 Å². The van der Waals surface area contributed by atoms with Gasteiger partial charge in [-0.1, -0.05) is 0 Å². The molecular formula is C10H17NOS. The van der Waals surface area contributed by atoms with Crippen LogP contribution >= 0.6 is 11.3 Å². The largest absolute Gasteiger partial charge is 0.379 e. The highest BCUT2D eigenvalue weighted by atomic mass is 32.1. The first-order valence-electron chi connectivity index (χ1n) is 4.59. The van der Waals surface area contributed by atoms with Gasteiger partial charge in [0.05, 0.1) is 6.10 Å². The maximum atomic E-state index is 5.95. The number of rotatable bonds is 5. The van der Waals surface area contributed by atoms with E-state index in [1.807, 2.05) is 13.8 Å². The van der Waals surface area contributed by atoms with Gasteiger partial charge < -0.3 is 10.5 Å². The zero-order valence-corrected chi connectivity index (χ0v) is 9.01. The molecule has 0 saturated heterocycles. The fourth-order valence-electron chi connectivity index (χ4n) is 1.08. The van der Waals surface area contributed by atoms with Gasteiger partial charge in [0.15, 0.2) is 0 Å². The third kappa shape index (κ3) is 3.89. The van der Waals surface area contributed by atoms with E-state index in [4.69, 9.17) is 10.5 Å². The highest BCUT2D eigenvalue weighted by Gasteiger charge is 2.05. The zero-order valence-electron chi connectivity index (χ0n) is 8.19. The van der Waals surface area contributed by atoms with E-state index in [1.54, 1.807) is 11.3 Å². The Labute approximate surface area is 83.7 Å². The second kappa shape index (κ2) is 5.37. The van der Waals surface area contributed by atoms with Crippen molar-refractivity contribution in [3.63, 3.8) is 0 Å². The van der Waals surface area contributed by atoms with E-state index in [2.05, 4.69) is 16.8 Å². The SMILES string of the molecule is CC(C)OCCC(N)c1ccsc1. The first kappa shape index (κ1) is 10.7. The Morgan fingerprint density at radius 3 is 2.85 bits per heavy atom. The van der Waals surface area contributed by atoms with Crippen molar-refractivity contribution in [1.82, 2.24) is 0 Å².